The third kappa shape index (κ3) is 5.87. The number of rotatable bonds is 8. The normalized spacial score (nSPS) is 11.3. The second kappa shape index (κ2) is 10.1. The summed E-state index contributed by atoms with van der Waals surface area (Å²) < 4.78 is 29.2. The summed E-state index contributed by atoms with van der Waals surface area (Å²) in [5.41, 5.74) is 5.47. The van der Waals surface area contributed by atoms with Crippen LogP contribution in [-0.4, -0.2) is 32.1 Å². The van der Waals surface area contributed by atoms with Crippen molar-refractivity contribution in [3.05, 3.63) is 53.8 Å². The van der Waals surface area contributed by atoms with Gasteiger partial charge in [0.05, 0.1) is 14.2 Å². The number of hydrogen-bond acceptors (Lipinski definition) is 5. The van der Waals surface area contributed by atoms with Gasteiger partial charge in [0.25, 0.3) is 5.91 Å². The molecule has 0 spiro atoms. The third-order valence-electron chi connectivity index (χ3n) is 3.92. The van der Waals surface area contributed by atoms with Gasteiger partial charge in [-0.1, -0.05) is 18.2 Å². The number of amides is 2. The van der Waals surface area contributed by atoms with Gasteiger partial charge in [0.2, 0.25) is 5.91 Å². The van der Waals surface area contributed by atoms with E-state index in [1.807, 2.05) is 6.07 Å². The average Bonchev–Trinajstić information content (AvgIpc) is 2.71. The highest BCUT2D eigenvalue weighted by atomic mass is 19.1. The lowest BCUT2D eigenvalue weighted by molar-refractivity contribution is -0.132. The van der Waals surface area contributed by atoms with Crippen LogP contribution in [0.15, 0.2) is 42.5 Å². The Bertz CT molecular complexity index is 828. The molecule has 0 fully saturated rings. The molecule has 2 aromatic rings. The maximum absolute atomic E-state index is 13.5. The van der Waals surface area contributed by atoms with Crippen LogP contribution < -0.4 is 25.1 Å². The van der Waals surface area contributed by atoms with Gasteiger partial charge in [0, 0.05) is 6.42 Å². The molecule has 0 bridgehead atoms. The van der Waals surface area contributed by atoms with Gasteiger partial charge in [0.15, 0.2) is 29.2 Å². The molecular formula is C20H23FN2O5. The Morgan fingerprint density at radius 2 is 1.71 bits per heavy atom. The molecule has 0 unspecified atom stereocenters. The molecular weight excluding hydrogens is 367 g/mol. The van der Waals surface area contributed by atoms with Crippen molar-refractivity contribution < 1.29 is 28.2 Å². The summed E-state index contributed by atoms with van der Waals surface area (Å²) in [4.78, 5) is 23.9. The lowest BCUT2D eigenvalue weighted by Gasteiger charge is -2.15. The van der Waals surface area contributed by atoms with E-state index in [9.17, 15) is 14.0 Å². The van der Waals surface area contributed by atoms with Crippen molar-refractivity contribution in [3.63, 3.8) is 0 Å². The van der Waals surface area contributed by atoms with Crippen molar-refractivity contribution in [2.24, 2.45) is 0 Å². The summed E-state index contributed by atoms with van der Waals surface area (Å²) in [7, 11) is 3.08. The van der Waals surface area contributed by atoms with Crippen molar-refractivity contribution >= 4 is 11.8 Å². The van der Waals surface area contributed by atoms with E-state index >= 15 is 0 Å². The van der Waals surface area contributed by atoms with Crippen LogP contribution in [0, 0.1) is 5.82 Å². The first-order valence-corrected chi connectivity index (χ1v) is 8.65. The first-order chi connectivity index (χ1) is 13.4. The van der Waals surface area contributed by atoms with Crippen LogP contribution in [0.1, 0.15) is 18.9 Å². The minimum Gasteiger partial charge on any atom is -0.493 e. The Labute approximate surface area is 162 Å². The van der Waals surface area contributed by atoms with Crippen LogP contribution in [0.4, 0.5) is 4.39 Å². The second-order valence-corrected chi connectivity index (χ2v) is 5.92. The van der Waals surface area contributed by atoms with Crippen molar-refractivity contribution in [1.29, 1.82) is 0 Å². The predicted octanol–water partition coefficient (Wildman–Crippen LogP) is 2.39. The largest absolute Gasteiger partial charge is 0.493 e. The number of hydrogen-bond donors (Lipinski definition) is 2. The lowest BCUT2D eigenvalue weighted by Crippen LogP contribution is -2.47. The van der Waals surface area contributed by atoms with Crippen LogP contribution in [0.25, 0.3) is 0 Å². The van der Waals surface area contributed by atoms with E-state index in [1.54, 1.807) is 25.3 Å². The summed E-state index contributed by atoms with van der Waals surface area (Å²) in [6.45, 7) is 1.46. The minimum atomic E-state index is -0.983. The summed E-state index contributed by atoms with van der Waals surface area (Å²) in [5.74, 6) is -0.394. The quantitative estimate of drug-likeness (QED) is 0.676. The Balaban J connectivity index is 1.79. The van der Waals surface area contributed by atoms with Gasteiger partial charge in [-0.3, -0.25) is 20.4 Å². The van der Waals surface area contributed by atoms with Gasteiger partial charge in [-0.15, -0.1) is 0 Å². The molecule has 0 saturated carbocycles. The summed E-state index contributed by atoms with van der Waals surface area (Å²) in [6.07, 6.45) is -0.384. The van der Waals surface area contributed by atoms with E-state index in [-0.39, 0.29) is 18.1 Å². The molecule has 8 heteroatoms. The first-order valence-electron chi connectivity index (χ1n) is 8.65. The molecule has 2 rings (SSSR count). The molecule has 0 aromatic heterocycles. The van der Waals surface area contributed by atoms with E-state index in [0.717, 1.165) is 5.56 Å². The Hall–Kier alpha value is -3.29. The molecule has 2 aromatic carbocycles. The fourth-order valence-electron chi connectivity index (χ4n) is 2.37. The van der Waals surface area contributed by atoms with Gasteiger partial charge >= 0.3 is 0 Å². The second-order valence-electron chi connectivity index (χ2n) is 5.92. The zero-order valence-corrected chi connectivity index (χ0v) is 16.0. The number of halogens is 1. The van der Waals surface area contributed by atoms with Crippen LogP contribution >= 0.6 is 0 Å². The highest BCUT2D eigenvalue weighted by Crippen LogP contribution is 2.27. The summed E-state index contributed by atoms with van der Waals surface area (Å²) in [6, 6.07) is 11.1. The zero-order valence-electron chi connectivity index (χ0n) is 16.0. The third-order valence-corrected chi connectivity index (χ3v) is 3.92. The number of benzene rings is 2. The molecule has 1 atom stereocenters. The zero-order chi connectivity index (χ0) is 20.5. The van der Waals surface area contributed by atoms with Crippen molar-refractivity contribution in [1.82, 2.24) is 10.9 Å². The monoisotopic (exact) mass is 390 g/mol. The number of para-hydroxylation sites is 1. The summed E-state index contributed by atoms with van der Waals surface area (Å²) in [5, 5.41) is 0. The fraction of sp³-hybridized carbons (Fsp3) is 0.300. The van der Waals surface area contributed by atoms with Crippen LogP contribution in [0.3, 0.4) is 0 Å². The molecule has 0 aliphatic heterocycles. The number of methoxy groups -OCH3 is 2. The highest BCUT2D eigenvalue weighted by molar-refractivity contribution is 5.84. The van der Waals surface area contributed by atoms with Gasteiger partial charge in [-0.25, -0.2) is 4.39 Å². The number of ether oxygens (including phenoxy) is 3. The number of nitrogens with one attached hydrogen (secondary N) is 2. The smallest absolute Gasteiger partial charge is 0.279 e. The average molecular weight is 390 g/mol. The maximum Gasteiger partial charge on any atom is 0.279 e. The van der Waals surface area contributed by atoms with Gasteiger partial charge < -0.3 is 14.2 Å². The number of hydrazine groups is 1. The van der Waals surface area contributed by atoms with E-state index in [0.29, 0.717) is 17.9 Å². The van der Waals surface area contributed by atoms with Crippen molar-refractivity contribution in [2.45, 2.75) is 25.9 Å². The highest BCUT2D eigenvalue weighted by Gasteiger charge is 2.17. The molecule has 28 heavy (non-hydrogen) atoms. The Kier molecular flexibility index (Phi) is 7.62. The Morgan fingerprint density at radius 3 is 2.39 bits per heavy atom. The van der Waals surface area contributed by atoms with Crippen LogP contribution in [-0.2, 0) is 16.0 Å². The molecule has 2 amide bonds. The van der Waals surface area contributed by atoms with E-state index in [2.05, 4.69) is 10.9 Å². The molecule has 0 heterocycles. The maximum atomic E-state index is 13.5. The molecule has 0 aliphatic carbocycles. The lowest BCUT2D eigenvalue weighted by atomic mass is 10.1. The molecule has 0 saturated heterocycles. The molecule has 0 radical (unpaired) electrons. The van der Waals surface area contributed by atoms with E-state index in [1.165, 1.54) is 32.2 Å². The van der Waals surface area contributed by atoms with Crippen molar-refractivity contribution in [2.75, 3.05) is 14.2 Å². The van der Waals surface area contributed by atoms with Gasteiger partial charge in [-0.2, -0.15) is 0 Å². The van der Waals surface area contributed by atoms with E-state index < -0.39 is 17.8 Å². The number of carbonyl (C=O) groups excluding carboxylic acids is 2. The topological polar surface area (TPSA) is 85.9 Å². The first kappa shape index (κ1) is 21.0. The van der Waals surface area contributed by atoms with Crippen LogP contribution in [0.2, 0.25) is 0 Å². The van der Waals surface area contributed by atoms with Gasteiger partial charge in [-0.05, 0) is 43.2 Å². The number of aryl methyl sites for hydroxylation is 1. The van der Waals surface area contributed by atoms with Crippen molar-refractivity contribution in [3.8, 4) is 17.2 Å². The molecule has 2 N–H and O–H groups in total. The number of carbonyl (C=O) groups is 2. The standard InChI is InChI=1S/C20H23FN2O5/c1-13(28-16-7-5-4-6-15(16)21)20(25)23-22-19(24)11-9-14-8-10-17(26-2)18(12-14)27-3/h4-8,10,12-13H,9,11H2,1-3H3,(H,22,24)(H,23,25)/t13-/m1/s1. The van der Waals surface area contributed by atoms with Crippen LogP contribution in [0.5, 0.6) is 17.2 Å². The molecule has 150 valence electrons. The fourth-order valence-corrected chi connectivity index (χ4v) is 2.37. The van der Waals surface area contributed by atoms with E-state index in [4.69, 9.17) is 14.2 Å². The summed E-state index contributed by atoms with van der Waals surface area (Å²) >= 11 is 0. The SMILES string of the molecule is COc1ccc(CCC(=O)NNC(=O)[C@@H](C)Oc2ccccc2F)cc1OC. The molecule has 7 nitrogen and oxygen atoms in total. The predicted molar refractivity (Wildman–Crippen MR) is 101 cm³/mol. The Morgan fingerprint density at radius 1 is 1.00 bits per heavy atom. The molecule has 0 aliphatic rings. The van der Waals surface area contributed by atoms with Gasteiger partial charge in [0.1, 0.15) is 0 Å². The minimum absolute atomic E-state index is 0.0371.